The Labute approximate surface area is 74.1 Å². The van der Waals surface area contributed by atoms with E-state index in [9.17, 15) is 4.79 Å². The first-order valence-corrected chi connectivity index (χ1v) is 4.73. The quantitative estimate of drug-likeness (QED) is 0.468. The number of rotatable bonds is 3. The van der Waals surface area contributed by atoms with Crippen molar-refractivity contribution in [3.8, 4) is 0 Å². The van der Waals surface area contributed by atoms with E-state index in [1.54, 1.807) is 12.0 Å². The molecule has 1 unspecified atom stereocenters. The van der Waals surface area contributed by atoms with Crippen molar-refractivity contribution in [3.63, 3.8) is 0 Å². The molecule has 1 saturated carbocycles. The van der Waals surface area contributed by atoms with E-state index in [-0.39, 0.29) is 6.04 Å². The Kier molecular flexibility index (Phi) is 4.02. The summed E-state index contributed by atoms with van der Waals surface area (Å²) in [5, 5.41) is 0. The van der Waals surface area contributed by atoms with Crippen molar-refractivity contribution in [2.75, 3.05) is 0 Å². The van der Waals surface area contributed by atoms with E-state index in [2.05, 4.69) is 4.99 Å². The molecule has 1 rings (SSSR count). The zero-order chi connectivity index (χ0) is 8.81. The molecule has 1 aliphatic rings. The second-order valence-corrected chi connectivity index (χ2v) is 3.58. The van der Waals surface area contributed by atoms with Crippen LogP contribution >= 0.6 is 0 Å². The lowest BCUT2D eigenvalue weighted by atomic mass is 9.85. The number of aliphatic imine (C=N–C) groups is 1. The Morgan fingerprint density at radius 1 is 1.42 bits per heavy atom. The first-order valence-electron chi connectivity index (χ1n) is 4.73. The molecule has 1 fully saturated rings. The van der Waals surface area contributed by atoms with Crippen molar-refractivity contribution in [2.24, 2.45) is 4.99 Å². The van der Waals surface area contributed by atoms with E-state index in [1.807, 2.05) is 6.92 Å². The maximum absolute atomic E-state index is 9.96. The van der Waals surface area contributed by atoms with Gasteiger partial charge in [-0.25, -0.2) is 9.79 Å². The molecule has 0 aliphatic heterocycles. The summed E-state index contributed by atoms with van der Waals surface area (Å²) in [6, 6.07) is 0.149. The predicted molar refractivity (Wildman–Crippen MR) is 48.5 cm³/mol. The second-order valence-electron chi connectivity index (χ2n) is 3.58. The van der Waals surface area contributed by atoms with Crippen molar-refractivity contribution >= 4 is 6.08 Å². The van der Waals surface area contributed by atoms with Gasteiger partial charge >= 0.3 is 0 Å². The fraction of sp³-hybridized carbons (Fsp3) is 0.800. The van der Waals surface area contributed by atoms with Gasteiger partial charge in [0.05, 0.1) is 6.04 Å². The summed E-state index contributed by atoms with van der Waals surface area (Å²) >= 11 is 0. The van der Waals surface area contributed by atoms with Crippen LogP contribution in [-0.4, -0.2) is 12.1 Å². The Hall–Kier alpha value is -0.620. The molecule has 1 atom stereocenters. The molecule has 0 aromatic rings. The number of nitrogens with zero attached hydrogens (tertiary/aromatic N) is 1. The summed E-state index contributed by atoms with van der Waals surface area (Å²) < 4.78 is 0. The van der Waals surface area contributed by atoms with Crippen LogP contribution in [0.3, 0.4) is 0 Å². The Morgan fingerprint density at radius 2 is 2.08 bits per heavy atom. The van der Waals surface area contributed by atoms with Gasteiger partial charge in [0.25, 0.3) is 0 Å². The largest absolute Gasteiger partial charge is 0.235 e. The zero-order valence-corrected chi connectivity index (χ0v) is 7.68. The Balaban J connectivity index is 2.24. The first-order chi connectivity index (χ1) is 5.83. The van der Waals surface area contributed by atoms with Gasteiger partial charge in [0.15, 0.2) is 0 Å². The maximum atomic E-state index is 9.96. The number of hydrogen-bond acceptors (Lipinski definition) is 2. The minimum absolute atomic E-state index is 0.149. The van der Waals surface area contributed by atoms with Crippen LogP contribution in [0, 0.1) is 5.92 Å². The highest BCUT2D eigenvalue weighted by Gasteiger charge is 2.16. The monoisotopic (exact) mass is 166 g/mol. The van der Waals surface area contributed by atoms with Crippen LogP contribution in [0.1, 0.15) is 45.4 Å². The third-order valence-electron chi connectivity index (χ3n) is 2.42. The molecular formula is C10H16NO. The maximum Gasteiger partial charge on any atom is 0.235 e. The molecule has 0 N–H and O–H groups in total. The molecule has 12 heavy (non-hydrogen) atoms. The molecule has 0 spiro atoms. The average Bonchev–Trinajstić information content (AvgIpc) is 2.06. The first kappa shape index (κ1) is 9.47. The van der Waals surface area contributed by atoms with Crippen molar-refractivity contribution < 1.29 is 4.79 Å². The molecule has 0 heterocycles. The standard InChI is InChI=1S/C10H16NO/c1-9(11-8-12)7-10-5-3-2-4-6-10/h9H,2-7H2,1H3. The van der Waals surface area contributed by atoms with Crippen molar-refractivity contribution in [2.45, 2.75) is 51.5 Å². The minimum atomic E-state index is 0.149. The number of hydrogen-bond donors (Lipinski definition) is 0. The number of carbonyl (C=O) groups excluding carboxylic acids is 1. The van der Waals surface area contributed by atoms with Gasteiger partial charge in [-0.15, -0.1) is 0 Å². The fourth-order valence-electron chi connectivity index (χ4n) is 1.81. The van der Waals surface area contributed by atoms with Gasteiger partial charge in [-0.3, -0.25) is 0 Å². The van der Waals surface area contributed by atoms with Crippen molar-refractivity contribution in [1.29, 1.82) is 0 Å². The van der Waals surface area contributed by atoms with E-state index in [0.29, 0.717) is 0 Å². The Morgan fingerprint density at radius 3 is 2.67 bits per heavy atom. The SMILES string of the molecule is CC(C[C]1CCCCC1)N=C=O. The highest BCUT2D eigenvalue weighted by Crippen LogP contribution is 2.29. The Bertz CT molecular complexity index is 167. The van der Waals surface area contributed by atoms with Gasteiger partial charge in [-0.1, -0.05) is 19.3 Å². The topological polar surface area (TPSA) is 29.4 Å². The van der Waals surface area contributed by atoms with Crippen LogP contribution in [0.5, 0.6) is 0 Å². The van der Waals surface area contributed by atoms with Gasteiger partial charge < -0.3 is 0 Å². The third kappa shape index (κ3) is 3.19. The highest BCUT2D eigenvalue weighted by molar-refractivity contribution is 5.33. The van der Waals surface area contributed by atoms with Crippen LogP contribution in [0.2, 0.25) is 0 Å². The van der Waals surface area contributed by atoms with Crippen molar-refractivity contribution in [1.82, 2.24) is 0 Å². The molecule has 1 aliphatic carbocycles. The van der Waals surface area contributed by atoms with Gasteiger partial charge in [-0.2, -0.15) is 0 Å². The normalized spacial score (nSPS) is 21.4. The molecule has 67 valence electrons. The summed E-state index contributed by atoms with van der Waals surface area (Å²) in [5.41, 5.74) is 0. The van der Waals surface area contributed by atoms with Crippen LogP contribution < -0.4 is 0 Å². The smallest absolute Gasteiger partial charge is 0.211 e. The lowest BCUT2D eigenvalue weighted by molar-refractivity contribution is 0.483. The molecule has 2 nitrogen and oxygen atoms in total. The summed E-state index contributed by atoms with van der Waals surface area (Å²) in [6.07, 6.45) is 9.13. The summed E-state index contributed by atoms with van der Waals surface area (Å²) in [5.74, 6) is 1.59. The van der Waals surface area contributed by atoms with Crippen LogP contribution in [0.4, 0.5) is 0 Å². The lowest BCUT2D eigenvalue weighted by Gasteiger charge is -2.21. The van der Waals surface area contributed by atoms with Gasteiger partial charge in [0.2, 0.25) is 6.08 Å². The molecule has 1 radical (unpaired) electrons. The molecule has 0 saturated heterocycles. The lowest BCUT2D eigenvalue weighted by Crippen LogP contribution is -2.10. The predicted octanol–water partition coefficient (Wildman–Crippen LogP) is 2.64. The number of isocyanates is 1. The van der Waals surface area contributed by atoms with E-state index < -0.39 is 0 Å². The summed E-state index contributed by atoms with van der Waals surface area (Å²) in [4.78, 5) is 13.6. The fourth-order valence-corrected chi connectivity index (χ4v) is 1.81. The molecule has 0 aromatic heterocycles. The van der Waals surface area contributed by atoms with Gasteiger partial charge in [-0.05, 0) is 32.1 Å². The molecule has 0 aromatic carbocycles. The van der Waals surface area contributed by atoms with Gasteiger partial charge in [0.1, 0.15) is 0 Å². The van der Waals surface area contributed by atoms with Crippen LogP contribution in [-0.2, 0) is 4.79 Å². The molecule has 0 amide bonds. The third-order valence-corrected chi connectivity index (χ3v) is 2.42. The van der Waals surface area contributed by atoms with E-state index in [1.165, 1.54) is 32.1 Å². The zero-order valence-electron chi connectivity index (χ0n) is 7.68. The van der Waals surface area contributed by atoms with E-state index in [0.717, 1.165) is 6.42 Å². The summed E-state index contributed by atoms with van der Waals surface area (Å²) in [7, 11) is 0. The molecule has 2 heteroatoms. The highest BCUT2D eigenvalue weighted by atomic mass is 16.1. The van der Waals surface area contributed by atoms with Gasteiger partial charge in [0, 0.05) is 0 Å². The van der Waals surface area contributed by atoms with Crippen molar-refractivity contribution in [3.05, 3.63) is 5.92 Å². The summed E-state index contributed by atoms with van der Waals surface area (Å²) in [6.45, 7) is 1.98. The molecular weight excluding hydrogens is 150 g/mol. The molecule has 0 bridgehead atoms. The minimum Gasteiger partial charge on any atom is -0.211 e. The van der Waals surface area contributed by atoms with E-state index >= 15 is 0 Å². The van der Waals surface area contributed by atoms with E-state index in [4.69, 9.17) is 0 Å². The second kappa shape index (κ2) is 5.10. The average molecular weight is 166 g/mol. The van der Waals surface area contributed by atoms with Crippen LogP contribution in [0.15, 0.2) is 4.99 Å². The van der Waals surface area contributed by atoms with Crippen LogP contribution in [0.25, 0.3) is 0 Å².